The molecule has 1 aromatic heterocycles. The molecule has 0 saturated heterocycles. The van der Waals surface area contributed by atoms with E-state index in [1.54, 1.807) is 0 Å². The Labute approximate surface area is 87.3 Å². The monoisotopic (exact) mass is 194 g/mol. The fourth-order valence-electron chi connectivity index (χ4n) is 1.80. The Morgan fingerprint density at radius 3 is 2.36 bits per heavy atom. The third kappa shape index (κ3) is 1.99. The van der Waals surface area contributed by atoms with E-state index in [9.17, 15) is 0 Å². The van der Waals surface area contributed by atoms with Gasteiger partial charge in [0.2, 0.25) is 0 Å². The molecule has 0 aliphatic heterocycles. The van der Waals surface area contributed by atoms with Gasteiger partial charge in [-0.1, -0.05) is 13.8 Å². The van der Waals surface area contributed by atoms with Gasteiger partial charge in [0.15, 0.2) is 0 Å². The zero-order valence-electron chi connectivity index (χ0n) is 10.3. The fraction of sp³-hybridized carbons (Fsp3) is 0.750. The molecule has 0 aliphatic rings. The van der Waals surface area contributed by atoms with Crippen LogP contribution in [-0.4, -0.2) is 9.78 Å². The van der Waals surface area contributed by atoms with Gasteiger partial charge >= 0.3 is 0 Å². The maximum Gasteiger partial charge on any atom is 0.0546 e. The molecule has 14 heavy (non-hydrogen) atoms. The van der Waals surface area contributed by atoms with Crippen LogP contribution in [0.1, 0.15) is 58.2 Å². The van der Waals surface area contributed by atoms with E-state index in [1.807, 2.05) is 6.20 Å². The molecule has 1 unspecified atom stereocenters. The molecular formula is C12H22N2. The summed E-state index contributed by atoms with van der Waals surface area (Å²) < 4.78 is 2.12. The Balaban J connectivity index is 3.09. The summed E-state index contributed by atoms with van der Waals surface area (Å²) in [5, 5.41) is 4.47. The predicted octanol–water partition coefficient (Wildman–Crippen LogP) is 3.46. The van der Waals surface area contributed by atoms with E-state index < -0.39 is 0 Å². The highest BCUT2D eigenvalue weighted by Crippen LogP contribution is 2.25. The average Bonchev–Trinajstić information content (AvgIpc) is 2.45. The minimum Gasteiger partial charge on any atom is -0.264 e. The van der Waals surface area contributed by atoms with Crippen LogP contribution >= 0.6 is 0 Å². The van der Waals surface area contributed by atoms with E-state index >= 15 is 0 Å². The van der Waals surface area contributed by atoms with Gasteiger partial charge in [-0.25, -0.2) is 0 Å². The topological polar surface area (TPSA) is 17.8 Å². The zero-order chi connectivity index (χ0) is 10.9. The van der Waals surface area contributed by atoms with Gasteiger partial charge in [0.1, 0.15) is 0 Å². The lowest BCUT2D eigenvalue weighted by molar-refractivity contribution is 0.347. The normalized spacial score (nSPS) is 14.4. The van der Waals surface area contributed by atoms with E-state index in [1.165, 1.54) is 17.7 Å². The maximum absolute atomic E-state index is 4.47. The zero-order valence-corrected chi connectivity index (χ0v) is 10.3. The summed E-state index contributed by atoms with van der Waals surface area (Å²) in [5.74, 6) is 0.617. The molecule has 0 bridgehead atoms. The van der Waals surface area contributed by atoms with Crippen LogP contribution in [0.25, 0.3) is 0 Å². The lowest BCUT2D eigenvalue weighted by Gasteiger charge is -2.22. The summed E-state index contributed by atoms with van der Waals surface area (Å²) in [4.78, 5) is 0. The smallest absolute Gasteiger partial charge is 0.0546 e. The molecule has 1 aromatic rings. The van der Waals surface area contributed by atoms with Crippen LogP contribution in [0.2, 0.25) is 0 Å². The average molecular weight is 194 g/mol. The van der Waals surface area contributed by atoms with Crippen molar-refractivity contribution >= 4 is 0 Å². The molecule has 0 saturated carbocycles. The first kappa shape index (κ1) is 11.3. The van der Waals surface area contributed by atoms with Crippen LogP contribution < -0.4 is 0 Å². The number of rotatable bonds is 2. The van der Waals surface area contributed by atoms with E-state index in [0.717, 1.165) is 0 Å². The molecule has 0 fully saturated rings. The van der Waals surface area contributed by atoms with Gasteiger partial charge in [0.05, 0.1) is 11.7 Å². The number of hydrogen-bond donors (Lipinski definition) is 0. The van der Waals surface area contributed by atoms with Crippen molar-refractivity contribution in [2.75, 3.05) is 0 Å². The molecule has 2 nitrogen and oxygen atoms in total. The Hall–Kier alpha value is -0.790. The maximum atomic E-state index is 4.47. The van der Waals surface area contributed by atoms with Gasteiger partial charge in [-0.3, -0.25) is 4.68 Å². The number of hydrogen-bond acceptors (Lipinski definition) is 1. The van der Waals surface area contributed by atoms with E-state index in [-0.39, 0.29) is 5.54 Å². The lowest BCUT2D eigenvalue weighted by atomic mass is 9.99. The quantitative estimate of drug-likeness (QED) is 0.705. The van der Waals surface area contributed by atoms with Crippen LogP contribution in [0.3, 0.4) is 0 Å². The summed E-state index contributed by atoms with van der Waals surface area (Å²) >= 11 is 0. The van der Waals surface area contributed by atoms with Crippen molar-refractivity contribution in [1.29, 1.82) is 0 Å². The molecule has 80 valence electrons. The van der Waals surface area contributed by atoms with E-state index in [2.05, 4.69) is 51.3 Å². The van der Waals surface area contributed by atoms with Gasteiger partial charge in [-0.15, -0.1) is 0 Å². The molecule has 1 heterocycles. The number of aromatic nitrogens is 2. The Kier molecular flexibility index (Phi) is 3.03. The molecule has 0 N–H and O–H groups in total. The molecule has 1 rings (SSSR count). The first-order valence-corrected chi connectivity index (χ1v) is 5.43. The minimum absolute atomic E-state index is 0.0931. The molecular weight excluding hydrogens is 172 g/mol. The fourth-order valence-corrected chi connectivity index (χ4v) is 1.80. The van der Waals surface area contributed by atoms with Gasteiger partial charge in [0, 0.05) is 5.69 Å². The highest BCUT2D eigenvalue weighted by molar-refractivity contribution is 5.21. The van der Waals surface area contributed by atoms with Crippen molar-refractivity contribution in [2.45, 2.75) is 59.4 Å². The second kappa shape index (κ2) is 3.76. The largest absolute Gasteiger partial charge is 0.264 e. The second-order valence-corrected chi connectivity index (χ2v) is 5.08. The van der Waals surface area contributed by atoms with Gasteiger partial charge < -0.3 is 0 Å². The van der Waals surface area contributed by atoms with Crippen molar-refractivity contribution in [3.63, 3.8) is 0 Å². The van der Waals surface area contributed by atoms with Crippen LogP contribution in [-0.2, 0) is 5.54 Å². The Bertz CT molecular complexity index is 305. The molecule has 0 amide bonds. The van der Waals surface area contributed by atoms with Gasteiger partial charge in [-0.05, 0) is 45.6 Å². The molecule has 0 spiro atoms. The SMILES string of the molecule is CCC(C)c1cnn(C(C)(C)C)c1C. The van der Waals surface area contributed by atoms with Crippen molar-refractivity contribution < 1.29 is 0 Å². The van der Waals surface area contributed by atoms with Crippen LogP contribution in [0.15, 0.2) is 6.20 Å². The van der Waals surface area contributed by atoms with E-state index in [0.29, 0.717) is 5.92 Å². The molecule has 0 aromatic carbocycles. The van der Waals surface area contributed by atoms with Crippen molar-refractivity contribution in [3.05, 3.63) is 17.5 Å². The third-order valence-corrected chi connectivity index (χ3v) is 2.83. The molecule has 1 atom stereocenters. The number of nitrogens with zero attached hydrogens (tertiary/aromatic N) is 2. The predicted molar refractivity (Wildman–Crippen MR) is 60.7 cm³/mol. The standard InChI is InChI=1S/C12H22N2/c1-7-9(2)11-8-13-14(10(11)3)12(4,5)6/h8-9H,7H2,1-6H3. The third-order valence-electron chi connectivity index (χ3n) is 2.83. The summed E-state index contributed by atoms with van der Waals surface area (Å²) in [7, 11) is 0. The van der Waals surface area contributed by atoms with Gasteiger partial charge in [-0.2, -0.15) is 5.10 Å². The Morgan fingerprint density at radius 1 is 1.43 bits per heavy atom. The van der Waals surface area contributed by atoms with Crippen molar-refractivity contribution in [1.82, 2.24) is 9.78 Å². The highest BCUT2D eigenvalue weighted by atomic mass is 15.3. The molecule has 0 radical (unpaired) electrons. The van der Waals surface area contributed by atoms with Crippen LogP contribution in [0, 0.1) is 6.92 Å². The van der Waals surface area contributed by atoms with Gasteiger partial charge in [0.25, 0.3) is 0 Å². The van der Waals surface area contributed by atoms with Crippen LogP contribution in [0.5, 0.6) is 0 Å². The Morgan fingerprint density at radius 2 is 2.00 bits per heavy atom. The molecule has 2 heteroatoms. The first-order chi connectivity index (χ1) is 6.38. The summed E-state index contributed by atoms with van der Waals surface area (Å²) in [6.07, 6.45) is 3.20. The van der Waals surface area contributed by atoms with Crippen molar-refractivity contribution in [2.24, 2.45) is 0 Å². The second-order valence-electron chi connectivity index (χ2n) is 5.08. The minimum atomic E-state index is 0.0931. The van der Waals surface area contributed by atoms with Crippen molar-refractivity contribution in [3.8, 4) is 0 Å². The highest BCUT2D eigenvalue weighted by Gasteiger charge is 2.19. The summed E-state index contributed by atoms with van der Waals surface area (Å²) in [6.45, 7) is 13.2. The summed E-state index contributed by atoms with van der Waals surface area (Å²) in [6, 6.07) is 0. The lowest BCUT2D eigenvalue weighted by Crippen LogP contribution is -2.24. The molecule has 0 aliphatic carbocycles. The first-order valence-electron chi connectivity index (χ1n) is 5.43. The van der Waals surface area contributed by atoms with Crippen LogP contribution in [0.4, 0.5) is 0 Å². The van der Waals surface area contributed by atoms with E-state index in [4.69, 9.17) is 0 Å². The summed E-state index contributed by atoms with van der Waals surface area (Å²) in [5.41, 5.74) is 2.80.